The molecular formula is C24H21NO2. The van der Waals surface area contributed by atoms with E-state index in [-0.39, 0.29) is 5.43 Å². The number of likely N-dealkylation sites (N-methyl/N-ethyl adjacent to an activating group) is 1. The summed E-state index contributed by atoms with van der Waals surface area (Å²) >= 11 is 0. The second-order valence-electron chi connectivity index (χ2n) is 6.73. The summed E-state index contributed by atoms with van der Waals surface area (Å²) in [6.45, 7) is 1.48. The lowest BCUT2D eigenvalue weighted by molar-refractivity contribution is 0.365. The molecule has 4 aromatic rings. The Labute approximate surface area is 158 Å². The van der Waals surface area contributed by atoms with Crippen LogP contribution in [0.25, 0.3) is 28.0 Å². The van der Waals surface area contributed by atoms with Crippen molar-refractivity contribution in [1.82, 2.24) is 4.90 Å². The van der Waals surface area contributed by atoms with E-state index in [1.165, 1.54) is 5.56 Å². The van der Waals surface area contributed by atoms with Crippen LogP contribution in [0.2, 0.25) is 0 Å². The molecule has 0 unspecified atom stereocenters. The van der Waals surface area contributed by atoms with Gasteiger partial charge < -0.3 is 4.42 Å². The second-order valence-corrected chi connectivity index (χ2v) is 6.73. The Balaban J connectivity index is 1.61. The highest BCUT2D eigenvalue weighted by Crippen LogP contribution is 2.22. The largest absolute Gasteiger partial charge is 0.456 e. The van der Waals surface area contributed by atoms with Crippen molar-refractivity contribution in [2.75, 3.05) is 13.6 Å². The standard InChI is InChI=1S/C24H21NO2/c1-25(16-8-11-18-9-3-2-4-10-18)17-19-12-7-15-22-23(19)24(26)20-13-5-6-14-21(20)27-22/h2-15H,16-17H2,1H3/b11-8+. The predicted octanol–water partition coefficient (Wildman–Crippen LogP) is 5.09. The molecule has 0 spiro atoms. The smallest absolute Gasteiger partial charge is 0.200 e. The van der Waals surface area contributed by atoms with E-state index in [0.717, 1.165) is 12.1 Å². The van der Waals surface area contributed by atoms with Crippen molar-refractivity contribution in [3.8, 4) is 0 Å². The lowest BCUT2D eigenvalue weighted by atomic mass is 10.1. The molecule has 0 N–H and O–H groups in total. The molecular weight excluding hydrogens is 334 g/mol. The molecule has 0 saturated heterocycles. The molecule has 3 nitrogen and oxygen atoms in total. The third kappa shape index (κ3) is 3.69. The van der Waals surface area contributed by atoms with Crippen molar-refractivity contribution >= 4 is 28.0 Å². The van der Waals surface area contributed by atoms with E-state index in [2.05, 4.69) is 36.2 Å². The summed E-state index contributed by atoms with van der Waals surface area (Å²) in [5.41, 5.74) is 3.48. The summed E-state index contributed by atoms with van der Waals surface area (Å²) in [4.78, 5) is 15.2. The van der Waals surface area contributed by atoms with E-state index in [4.69, 9.17) is 4.42 Å². The monoisotopic (exact) mass is 355 g/mol. The fourth-order valence-corrected chi connectivity index (χ4v) is 3.34. The first kappa shape index (κ1) is 17.3. The lowest BCUT2D eigenvalue weighted by Crippen LogP contribution is -2.19. The van der Waals surface area contributed by atoms with Crippen molar-refractivity contribution in [2.24, 2.45) is 0 Å². The third-order valence-electron chi connectivity index (χ3n) is 4.66. The van der Waals surface area contributed by atoms with Crippen LogP contribution >= 0.6 is 0 Å². The molecule has 0 aliphatic carbocycles. The van der Waals surface area contributed by atoms with Crippen molar-refractivity contribution in [3.05, 3.63) is 100 Å². The summed E-state index contributed by atoms with van der Waals surface area (Å²) in [5, 5.41) is 1.30. The molecule has 4 rings (SSSR count). The summed E-state index contributed by atoms with van der Waals surface area (Å²) in [5.74, 6) is 0. The molecule has 3 aromatic carbocycles. The molecule has 134 valence electrons. The number of nitrogens with zero attached hydrogens (tertiary/aromatic N) is 1. The fraction of sp³-hybridized carbons (Fsp3) is 0.125. The van der Waals surface area contributed by atoms with Crippen LogP contribution in [-0.4, -0.2) is 18.5 Å². The van der Waals surface area contributed by atoms with E-state index >= 15 is 0 Å². The highest BCUT2D eigenvalue weighted by Gasteiger charge is 2.12. The van der Waals surface area contributed by atoms with Gasteiger partial charge >= 0.3 is 0 Å². The highest BCUT2D eigenvalue weighted by molar-refractivity contribution is 5.91. The molecule has 0 aliphatic rings. The van der Waals surface area contributed by atoms with Gasteiger partial charge in [0.15, 0.2) is 0 Å². The Kier molecular flexibility index (Phi) is 4.86. The Morgan fingerprint density at radius 3 is 2.48 bits per heavy atom. The van der Waals surface area contributed by atoms with Gasteiger partial charge in [-0.3, -0.25) is 9.69 Å². The Morgan fingerprint density at radius 2 is 1.63 bits per heavy atom. The quantitative estimate of drug-likeness (QED) is 0.468. The van der Waals surface area contributed by atoms with Crippen LogP contribution in [0.5, 0.6) is 0 Å². The Bertz CT molecular complexity index is 1160. The molecule has 0 radical (unpaired) electrons. The molecule has 0 atom stereocenters. The van der Waals surface area contributed by atoms with Gasteiger partial charge in [-0.2, -0.15) is 0 Å². The molecule has 0 saturated carbocycles. The molecule has 1 heterocycles. The normalized spacial score (nSPS) is 11.8. The van der Waals surface area contributed by atoms with Gasteiger partial charge in [0.1, 0.15) is 11.2 Å². The number of fused-ring (bicyclic) bond motifs is 2. The average Bonchev–Trinajstić information content (AvgIpc) is 2.69. The number of rotatable bonds is 5. The maximum atomic E-state index is 13.0. The molecule has 3 heteroatoms. The van der Waals surface area contributed by atoms with Gasteiger partial charge in [0.2, 0.25) is 5.43 Å². The van der Waals surface area contributed by atoms with Crippen LogP contribution in [0.3, 0.4) is 0 Å². The van der Waals surface area contributed by atoms with Crippen molar-refractivity contribution in [3.63, 3.8) is 0 Å². The first-order valence-electron chi connectivity index (χ1n) is 9.06. The minimum Gasteiger partial charge on any atom is -0.456 e. The number of benzene rings is 3. The van der Waals surface area contributed by atoms with Gasteiger partial charge in [0.25, 0.3) is 0 Å². The predicted molar refractivity (Wildman–Crippen MR) is 112 cm³/mol. The summed E-state index contributed by atoms with van der Waals surface area (Å²) in [6.07, 6.45) is 4.25. The summed E-state index contributed by atoms with van der Waals surface area (Å²) in [7, 11) is 2.05. The van der Waals surface area contributed by atoms with Gasteiger partial charge in [0.05, 0.1) is 10.8 Å². The van der Waals surface area contributed by atoms with Crippen molar-refractivity contribution < 1.29 is 4.42 Å². The lowest BCUT2D eigenvalue weighted by Gasteiger charge is -2.15. The van der Waals surface area contributed by atoms with Gasteiger partial charge in [-0.15, -0.1) is 0 Å². The SMILES string of the molecule is CN(C/C=C/c1ccccc1)Cc1cccc2oc3ccccc3c(=O)c12. The van der Waals surface area contributed by atoms with E-state index in [9.17, 15) is 4.79 Å². The van der Waals surface area contributed by atoms with Gasteiger partial charge in [-0.05, 0) is 36.4 Å². The summed E-state index contributed by atoms with van der Waals surface area (Å²) < 4.78 is 5.96. The zero-order valence-corrected chi connectivity index (χ0v) is 15.3. The summed E-state index contributed by atoms with van der Waals surface area (Å²) in [6, 6.07) is 23.5. The van der Waals surface area contributed by atoms with Gasteiger partial charge in [-0.25, -0.2) is 0 Å². The van der Waals surface area contributed by atoms with Crippen molar-refractivity contribution in [2.45, 2.75) is 6.54 Å². The molecule has 0 fully saturated rings. The Morgan fingerprint density at radius 1 is 0.889 bits per heavy atom. The maximum Gasteiger partial charge on any atom is 0.200 e. The van der Waals surface area contributed by atoms with Crippen LogP contribution in [0, 0.1) is 0 Å². The number of hydrogen-bond acceptors (Lipinski definition) is 3. The van der Waals surface area contributed by atoms with E-state index in [1.54, 1.807) is 0 Å². The van der Waals surface area contributed by atoms with Crippen molar-refractivity contribution in [1.29, 1.82) is 0 Å². The zero-order valence-electron chi connectivity index (χ0n) is 15.3. The first-order chi connectivity index (χ1) is 13.2. The molecule has 1 aromatic heterocycles. The minimum absolute atomic E-state index is 0.0377. The molecule has 0 bridgehead atoms. The van der Waals surface area contributed by atoms with Gasteiger partial charge in [0, 0.05) is 13.1 Å². The van der Waals surface area contributed by atoms with Gasteiger partial charge in [-0.1, -0.05) is 66.7 Å². The first-order valence-corrected chi connectivity index (χ1v) is 9.06. The fourth-order valence-electron chi connectivity index (χ4n) is 3.34. The third-order valence-corrected chi connectivity index (χ3v) is 4.66. The topological polar surface area (TPSA) is 33.5 Å². The molecule has 27 heavy (non-hydrogen) atoms. The molecule has 0 aliphatic heterocycles. The minimum atomic E-state index is 0.0377. The van der Waals surface area contributed by atoms with E-state index in [0.29, 0.717) is 28.5 Å². The number of para-hydroxylation sites is 1. The van der Waals surface area contributed by atoms with Crippen LogP contribution < -0.4 is 5.43 Å². The van der Waals surface area contributed by atoms with E-state index in [1.807, 2.05) is 60.7 Å². The van der Waals surface area contributed by atoms with Crippen LogP contribution in [0.15, 0.2) is 88.1 Å². The zero-order chi connectivity index (χ0) is 18.6. The second kappa shape index (κ2) is 7.60. The molecule has 0 amide bonds. The highest BCUT2D eigenvalue weighted by atomic mass is 16.3. The number of hydrogen-bond donors (Lipinski definition) is 0. The average molecular weight is 355 g/mol. The van der Waals surface area contributed by atoms with E-state index < -0.39 is 0 Å². The Hall–Kier alpha value is -3.17. The maximum absolute atomic E-state index is 13.0. The van der Waals surface area contributed by atoms with Crippen LogP contribution in [-0.2, 0) is 6.54 Å². The van der Waals surface area contributed by atoms with Crippen LogP contribution in [0.1, 0.15) is 11.1 Å². The van der Waals surface area contributed by atoms with Crippen LogP contribution in [0.4, 0.5) is 0 Å².